The first-order valence-corrected chi connectivity index (χ1v) is 6.77. The van der Waals surface area contributed by atoms with E-state index in [1.54, 1.807) is 13.8 Å². The average molecular weight is 281 g/mol. The van der Waals surface area contributed by atoms with E-state index in [1.807, 2.05) is 42.5 Å². The van der Waals surface area contributed by atoms with Crippen molar-refractivity contribution in [2.45, 2.75) is 26.4 Å². The molecule has 0 aromatic heterocycles. The highest BCUT2D eigenvalue weighted by Crippen LogP contribution is 2.23. The number of ether oxygens (including phenoxy) is 1. The number of anilines is 2. The first-order valence-electron chi connectivity index (χ1n) is 6.77. The number of aliphatic hydroxyl groups is 1. The number of nitrogens with one attached hydrogen (secondary N) is 1. The zero-order chi connectivity index (χ0) is 15.3. The van der Waals surface area contributed by atoms with Crippen molar-refractivity contribution in [1.82, 2.24) is 0 Å². The Labute approximate surface area is 125 Å². The summed E-state index contributed by atoms with van der Waals surface area (Å²) in [7, 11) is 0. The quantitative estimate of drug-likeness (QED) is 0.824. The smallest absolute Gasteiger partial charge is 0.167 e. The van der Waals surface area contributed by atoms with Gasteiger partial charge in [0.25, 0.3) is 0 Å². The molecule has 3 heteroatoms. The van der Waals surface area contributed by atoms with E-state index in [9.17, 15) is 0 Å². The lowest BCUT2D eigenvalue weighted by Crippen LogP contribution is -2.25. The Morgan fingerprint density at radius 1 is 0.952 bits per heavy atom. The maximum Gasteiger partial charge on any atom is 0.167 e. The molecule has 2 N–H and O–H groups in total. The maximum absolute atomic E-state index is 8.66. The topological polar surface area (TPSA) is 41.5 Å². The van der Waals surface area contributed by atoms with Crippen LogP contribution in [0.25, 0.3) is 0 Å². The normalized spacial score (nSPS) is 10.4. The zero-order valence-corrected chi connectivity index (χ0v) is 12.5. The zero-order valence-electron chi connectivity index (χ0n) is 12.5. The van der Waals surface area contributed by atoms with Crippen LogP contribution in [0.5, 0.6) is 5.75 Å². The molecule has 0 radical (unpaired) electrons. The van der Waals surface area contributed by atoms with Gasteiger partial charge in [0, 0.05) is 11.4 Å². The fraction of sp³-hybridized carbons (Fsp3) is 0.222. The van der Waals surface area contributed by atoms with Crippen LogP contribution in [0.2, 0.25) is 0 Å². The van der Waals surface area contributed by atoms with Gasteiger partial charge in [0.05, 0.1) is 0 Å². The lowest BCUT2D eigenvalue weighted by molar-refractivity contribution is 0.171. The molecule has 0 unspecified atom stereocenters. The second-order valence-corrected chi connectivity index (χ2v) is 5.36. The van der Waals surface area contributed by atoms with Gasteiger partial charge in [-0.05, 0) is 63.1 Å². The van der Waals surface area contributed by atoms with E-state index < -0.39 is 5.60 Å². The van der Waals surface area contributed by atoms with Gasteiger partial charge in [0.1, 0.15) is 11.9 Å². The van der Waals surface area contributed by atoms with Gasteiger partial charge < -0.3 is 15.2 Å². The molecule has 21 heavy (non-hydrogen) atoms. The fourth-order valence-electron chi connectivity index (χ4n) is 1.86. The van der Waals surface area contributed by atoms with Gasteiger partial charge in [0.2, 0.25) is 0 Å². The minimum absolute atomic E-state index is 0.706. The molecule has 0 spiro atoms. The van der Waals surface area contributed by atoms with E-state index in [-0.39, 0.29) is 0 Å². The van der Waals surface area contributed by atoms with E-state index in [0.29, 0.717) is 5.75 Å². The Balaban J connectivity index is 2.04. The average Bonchev–Trinajstić information content (AvgIpc) is 2.43. The minimum Gasteiger partial charge on any atom is -0.475 e. The number of aryl methyl sites for hydroxylation is 1. The summed E-state index contributed by atoms with van der Waals surface area (Å²) in [6.45, 7) is 5.66. The molecule has 0 fully saturated rings. The second-order valence-electron chi connectivity index (χ2n) is 5.36. The molecule has 2 rings (SSSR count). The summed E-state index contributed by atoms with van der Waals surface area (Å²) in [5, 5.41) is 12.0. The molecule has 0 heterocycles. The van der Waals surface area contributed by atoms with Crippen LogP contribution < -0.4 is 10.1 Å². The van der Waals surface area contributed by atoms with Crippen molar-refractivity contribution in [1.29, 1.82) is 0 Å². The van der Waals surface area contributed by atoms with Gasteiger partial charge in [-0.25, -0.2) is 0 Å². The predicted molar refractivity (Wildman–Crippen MR) is 85.3 cm³/mol. The van der Waals surface area contributed by atoms with Crippen LogP contribution in [-0.2, 0) is 0 Å². The summed E-state index contributed by atoms with van der Waals surface area (Å²) in [5.41, 5.74) is 2.54. The first kappa shape index (κ1) is 14.8. The van der Waals surface area contributed by atoms with Gasteiger partial charge in [-0.1, -0.05) is 17.7 Å². The van der Waals surface area contributed by atoms with Gasteiger partial charge in [-0.2, -0.15) is 0 Å². The molecule has 0 aliphatic carbocycles. The minimum atomic E-state index is -0.722. The van der Waals surface area contributed by atoms with Crippen LogP contribution in [0.15, 0.2) is 48.5 Å². The molecule has 0 aliphatic rings. The van der Waals surface area contributed by atoms with E-state index >= 15 is 0 Å². The number of benzene rings is 2. The highest BCUT2D eigenvalue weighted by atomic mass is 16.5. The largest absolute Gasteiger partial charge is 0.475 e. The van der Waals surface area contributed by atoms with Crippen molar-refractivity contribution in [3.05, 3.63) is 54.1 Å². The fourth-order valence-corrected chi connectivity index (χ4v) is 1.86. The second kappa shape index (κ2) is 6.23. The van der Waals surface area contributed by atoms with Crippen molar-refractivity contribution in [2.75, 3.05) is 5.32 Å². The monoisotopic (exact) mass is 281 g/mol. The highest BCUT2D eigenvalue weighted by Gasteiger charge is 2.16. The lowest BCUT2D eigenvalue weighted by atomic mass is 10.1. The summed E-state index contributed by atoms with van der Waals surface area (Å²) >= 11 is 0. The number of hydrogen-bond donors (Lipinski definition) is 2. The Morgan fingerprint density at radius 3 is 2.00 bits per heavy atom. The summed E-state index contributed by atoms with van der Waals surface area (Å²) in [5.74, 6) is 3.30. The molecule has 2 aromatic carbocycles. The third-order valence-electron chi connectivity index (χ3n) is 2.92. The van der Waals surface area contributed by atoms with Crippen LogP contribution in [0.3, 0.4) is 0 Å². The number of aliphatic hydroxyl groups excluding tert-OH is 1. The van der Waals surface area contributed by atoms with Gasteiger partial charge in [-0.15, -0.1) is 0 Å². The summed E-state index contributed by atoms with van der Waals surface area (Å²) in [4.78, 5) is 0. The Hall–Kier alpha value is -2.60. The van der Waals surface area contributed by atoms with Crippen molar-refractivity contribution < 1.29 is 9.84 Å². The standard InChI is InChI=1S/C18H19NO2/c1-14-4-6-15(7-5-14)19-16-8-10-17(11-9-16)21-18(2,3)12-13-20/h4-11,19-20H,1-3H3. The molecule has 0 bridgehead atoms. The van der Waals surface area contributed by atoms with Gasteiger partial charge in [0.15, 0.2) is 5.60 Å². The molecule has 0 aliphatic heterocycles. The third-order valence-corrected chi connectivity index (χ3v) is 2.92. The van der Waals surface area contributed by atoms with Crippen LogP contribution in [0.4, 0.5) is 11.4 Å². The summed E-state index contributed by atoms with van der Waals surface area (Å²) in [6, 6.07) is 15.8. The predicted octanol–water partition coefficient (Wildman–Crippen LogP) is 4.23. The van der Waals surface area contributed by atoms with Crippen molar-refractivity contribution >= 4 is 11.4 Å². The number of rotatable bonds is 4. The molecule has 2 aromatic rings. The van der Waals surface area contributed by atoms with Gasteiger partial charge >= 0.3 is 0 Å². The Morgan fingerprint density at radius 2 is 1.48 bits per heavy atom. The Kier molecular flexibility index (Phi) is 4.39. The van der Waals surface area contributed by atoms with Crippen LogP contribution in [0.1, 0.15) is 19.4 Å². The van der Waals surface area contributed by atoms with E-state index in [0.717, 1.165) is 11.4 Å². The SMILES string of the molecule is Cc1ccc(Nc2ccc(OC(C)(C)C#CO)cc2)cc1. The highest BCUT2D eigenvalue weighted by molar-refractivity contribution is 5.60. The van der Waals surface area contributed by atoms with E-state index in [4.69, 9.17) is 9.84 Å². The summed E-state index contributed by atoms with van der Waals surface area (Å²) < 4.78 is 5.70. The number of hydrogen-bond acceptors (Lipinski definition) is 3. The maximum atomic E-state index is 8.66. The molecule has 0 saturated carbocycles. The van der Waals surface area contributed by atoms with E-state index in [2.05, 4.69) is 30.3 Å². The third kappa shape index (κ3) is 4.47. The molecular formula is C18H19NO2. The molecular weight excluding hydrogens is 262 g/mol. The molecule has 0 saturated heterocycles. The van der Waals surface area contributed by atoms with Crippen LogP contribution in [-0.4, -0.2) is 10.7 Å². The molecule has 3 nitrogen and oxygen atoms in total. The Bertz CT molecular complexity index is 646. The molecule has 0 atom stereocenters. The van der Waals surface area contributed by atoms with Crippen molar-refractivity contribution in [3.8, 4) is 17.8 Å². The van der Waals surface area contributed by atoms with Gasteiger partial charge in [-0.3, -0.25) is 0 Å². The molecule has 0 amide bonds. The van der Waals surface area contributed by atoms with Crippen LogP contribution >= 0.6 is 0 Å². The van der Waals surface area contributed by atoms with Crippen molar-refractivity contribution in [2.24, 2.45) is 0 Å². The van der Waals surface area contributed by atoms with Crippen LogP contribution in [0, 0.1) is 19.0 Å². The first-order chi connectivity index (χ1) is 9.98. The van der Waals surface area contributed by atoms with Crippen molar-refractivity contribution in [3.63, 3.8) is 0 Å². The lowest BCUT2D eigenvalue weighted by Gasteiger charge is -2.20. The molecule has 108 valence electrons. The summed E-state index contributed by atoms with van der Waals surface area (Å²) in [6.07, 6.45) is 1.89. The van der Waals surface area contributed by atoms with E-state index in [1.165, 1.54) is 5.56 Å².